The lowest BCUT2D eigenvalue weighted by atomic mass is 10.0. The summed E-state index contributed by atoms with van der Waals surface area (Å²) in [7, 11) is 0. The topological polar surface area (TPSA) is 161 Å². The summed E-state index contributed by atoms with van der Waals surface area (Å²) < 4.78 is 17.1. The van der Waals surface area contributed by atoms with Crippen LogP contribution in [-0.4, -0.2) is 76.3 Å². The fourth-order valence-electron chi connectivity index (χ4n) is 6.60. The Morgan fingerprint density at radius 2 is 1.29 bits per heavy atom. The Bertz CT molecular complexity index is 1940. The molecule has 4 aromatic carbocycles. The molecule has 6 rings (SSSR count). The van der Waals surface area contributed by atoms with Crippen molar-refractivity contribution in [2.45, 2.75) is 55.9 Å². The zero-order valence-corrected chi connectivity index (χ0v) is 31.6. The Morgan fingerprint density at radius 3 is 1.77 bits per heavy atom. The molecule has 3 amide bonds. The number of thioether (sulfide) groups is 1. The van der Waals surface area contributed by atoms with E-state index in [9.17, 15) is 29.1 Å². The Labute approximate surface area is 329 Å². The number of nitrogens with zero attached hydrogens (tertiary/aromatic N) is 1. The third kappa shape index (κ3) is 9.47. The minimum atomic E-state index is -1.13. The molecule has 1 fully saturated rings. The molecule has 0 aromatic heterocycles. The van der Waals surface area contributed by atoms with E-state index < -0.39 is 66.1 Å². The van der Waals surface area contributed by atoms with Crippen molar-refractivity contribution in [1.82, 2.24) is 15.5 Å². The molecule has 13 heteroatoms. The van der Waals surface area contributed by atoms with Crippen LogP contribution in [0.3, 0.4) is 0 Å². The van der Waals surface area contributed by atoms with E-state index in [-0.39, 0.29) is 37.3 Å². The van der Waals surface area contributed by atoms with Crippen molar-refractivity contribution in [1.29, 1.82) is 0 Å². The third-order valence-electron chi connectivity index (χ3n) is 9.36. The predicted octanol–water partition coefficient (Wildman–Crippen LogP) is 5.58. The molecule has 2 unspecified atom stereocenters. The van der Waals surface area contributed by atoms with Gasteiger partial charge in [0, 0.05) is 12.2 Å². The molecule has 290 valence electrons. The quantitative estimate of drug-likeness (QED) is 0.0745. The Morgan fingerprint density at radius 1 is 0.786 bits per heavy atom. The molecule has 12 nitrogen and oxygen atoms in total. The number of ether oxygens (including phenoxy) is 3. The Balaban J connectivity index is 1.09. The van der Waals surface area contributed by atoms with Crippen molar-refractivity contribution in [2.24, 2.45) is 0 Å². The zero-order chi connectivity index (χ0) is 39.4. The number of rotatable bonds is 16. The molecule has 56 heavy (non-hydrogen) atoms. The van der Waals surface area contributed by atoms with Crippen molar-refractivity contribution in [3.05, 3.63) is 155 Å². The number of benzene rings is 4. The summed E-state index contributed by atoms with van der Waals surface area (Å²) in [4.78, 5) is 68.0. The number of nitrogens with one attached hydrogen (secondary N) is 2. The molecule has 2 heterocycles. The summed E-state index contributed by atoms with van der Waals surface area (Å²) in [6.07, 6.45) is -2.17. The summed E-state index contributed by atoms with van der Waals surface area (Å²) in [5.41, 5.74) is 3.28. The van der Waals surface area contributed by atoms with Gasteiger partial charge >= 0.3 is 18.0 Å². The number of alkyl carbamates (subject to hydrolysis) is 1. The van der Waals surface area contributed by atoms with E-state index in [0.717, 1.165) is 22.3 Å². The van der Waals surface area contributed by atoms with Crippen molar-refractivity contribution in [2.75, 3.05) is 19.0 Å². The number of hydrogen-bond acceptors (Lipinski definition) is 10. The first-order chi connectivity index (χ1) is 27.3. The maximum Gasteiger partial charge on any atom is 0.407 e. The summed E-state index contributed by atoms with van der Waals surface area (Å²) in [6, 6.07) is 34.8. The van der Waals surface area contributed by atoms with Gasteiger partial charge in [0.2, 0.25) is 5.91 Å². The highest BCUT2D eigenvalue weighted by Crippen LogP contribution is 2.41. The molecule has 2 aliphatic heterocycles. The number of carbonyl (C=O) groups excluding carboxylic acids is 5. The minimum absolute atomic E-state index is 0.0284. The second-order valence-corrected chi connectivity index (χ2v) is 14.2. The number of esters is 2. The number of carbonyl (C=O) groups is 5. The molecular formula is C43H43N3O9S. The van der Waals surface area contributed by atoms with Gasteiger partial charge in [0.05, 0.1) is 13.2 Å². The highest BCUT2D eigenvalue weighted by Gasteiger charge is 2.54. The van der Waals surface area contributed by atoms with Crippen LogP contribution in [0.4, 0.5) is 4.79 Å². The Hall–Kier alpha value is -5.92. The van der Waals surface area contributed by atoms with E-state index in [1.54, 1.807) is 6.92 Å². The molecular weight excluding hydrogens is 735 g/mol. The fraction of sp³-hybridized carbons (Fsp3) is 0.279. The van der Waals surface area contributed by atoms with E-state index >= 15 is 0 Å². The zero-order valence-electron chi connectivity index (χ0n) is 30.7. The van der Waals surface area contributed by atoms with Crippen LogP contribution in [0.2, 0.25) is 0 Å². The van der Waals surface area contributed by atoms with Gasteiger partial charge in [-0.05, 0) is 47.6 Å². The van der Waals surface area contributed by atoms with Crippen LogP contribution in [0, 0.1) is 0 Å². The number of aliphatic hydroxyl groups is 1. The maximum atomic E-state index is 13.8. The average molecular weight is 778 g/mol. The molecule has 0 radical (unpaired) electrons. The first-order valence-electron chi connectivity index (χ1n) is 18.4. The number of amides is 3. The number of β-lactam (4-membered cyclic amide) rings is 1. The smallest absolute Gasteiger partial charge is 0.407 e. The summed E-state index contributed by atoms with van der Waals surface area (Å²) >= 11 is 1.32. The summed E-state index contributed by atoms with van der Waals surface area (Å²) in [5.74, 6) is -2.18. The van der Waals surface area contributed by atoms with Crippen molar-refractivity contribution in [3.8, 4) is 0 Å². The van der Waals surface area contributed by atoms with Crippen LogP contribution in [0.15, 0.2) is 133 Å². The molecule has 3 N–H and O–H groups in total. The molecule has 1 saturated heterocycles. The van der Waals surface area contributed by atoms with Gasteiger partial charge in [0.1, 0.15) is 23.2 Å². The van der Waals surface area contributed by atoms with E-state index in [1.165, 1.54) is 16.7 Å². The fourth-order valence-corrected chi connectivity index (χ4v) is 7.93. The van der Waals surface area contributed by atoms with Gasteiger partial charge in [-0.15, -0.1) is 11.8 Å². The van der Waals surface area contributed by atoms with E-state index in [0.29, 0.717) is 5.57 Å². The van der Waals surface area contributed by atoms with Crippen LogP contribution in [-0.2, 0) is 33.4 Å². The number of fused-ring (bicyclic) bond motifs is 1. The molecule has 2 aliphatic rings. The molecule has 0 saturated carbocycles. The van der Waals surface area contributed by atoms with Gasteiger partial charge in [0.15, 0.2) is 12.2 Å². The third-order valence-corrected chi connectivity index (χ3v) is 10.7. The SMILES string of the molecule is CCOC(=O)NC(CCCC(=O)NC1C(=O)N2C(C(=O)OC(c3ccccc3)c3ccccc3)=C(CO)CS[C@H]12)C(=O)OC(c1ccccc1)c1ccccc1. The summed E-state index contributed by atoms with van der Waals surface area (Å²) in [5, 5.41) is 14.9. The van der Waals surface area contributed by atoms with Gasteiger partial charge in [-0.2, -0.15) is 0 Å². The van der Waals surface area contributed by atoms with Crippen LogP contribution in [0.1, 0.15) is 60.6 Å². The second kappa shape index (κ2) is 19.1. The summed E-state index contributed by atoms with van der Waals surface area (Å²) in [6.45, 7) is 1.28. The van der Waals surface area contributed by atoms with Gasteiger partial charge in [0.25, 0.3) is 5.91 Å². The standard InChI is InChI=1S/C43H43N3O9S/c1-2-53-43(52)44-33(41(50)54-37(28-16-7-3-8-17-28)29-18-9-4-10-19-29)24-15-25-34(48)45-35-39(49)46-36(32(26-47)27-56-40(35)46)42(51)55-38(30-20-11-5-12-21-30)31-22-13-6-14-23-31/h3-14,16-23,33,35,37-38,40,47H,2,15,24-27H2,1H3,(H,44,52)(H,45,48)/t33?,35?,40-/m1/s1. The second-order valence-electron chi connectivity index (χ2n) is 13.1. The molecule has 4 aromatic rings. The lowest BCUT2D eigenvalue weighted by molar-refractivity contribution is -0.154. The van der Waals surface area contributed by atoms with Gasteiger partial charge in [-0.25, -0.2) is 14.4 Å². The van der Waals surface area contributed by atoms with Gasteiger partial charge in [-0.1, -0.05) is 121 Å². The normalized spacial score (nSPS) is 16.7. The van der Waals surface area contributed by atoms with E-state index in [2.05, 4.69) is 10.6 Å². The van der Waals surface area contributed by atoms with Crippen molar-refractivity contribution in [3.63, 3.8) is 0 Å². The lowest BCUT2D eigenvalue weighted by Gasteiger charge is -2.49. The van der Waals surface area contributed by atoms with Gasteiger partial charge < -0.3 is 30.0 Å². The van der Waals surface area contributed by atoms with Crippen LogP contribution >= 0.6 is 11.8 Å². The number of hydrogen-bond donors (Lipinski definition) is 3. The van der Waals surface area contributed by atoms with Crippen LogP contribution in [0.25, 0.3) is 0 Å². The molecule has 3 atom stereocenters. The monoisotopic (exact) mass is 777 g/mol. The molecule has 0 bridgehead atoms. The predicted molar refractivity (Wildman–Crippen MR) is 209 cm³/mol. The maximum absolute atomic E-state index is 13.8. The minimum Gasteiger partial charge on any atom is -0.451 e. The van der Waals surface area contributed by atoms with Gasteiger partial charge in [-0.3, -0.25) is 14.5 Å². The first-order valence-corrected chi connectivity index (χ1v) is 19.4. The van der Waals surface area contributed by atoms with Crippen molar-refractivity contribution < 1.29 is 43.3 Å². The highest BCUT2D eigenvalue weighted by molar-refractivity contribution is 8.00. The molecule has 0 aliphatic carbocycles. The largest absolute Gasteiger partial charge is 0.451 e. The van der Waals surface area contributed by atoms with Crippen LogP contribution in [0.5, 0.6) is 0 Å². The lowest BCUT2D eigenvalue weighted by Crippen LogP contribution is -2.70. The first kappa shape index (κ1) is 39.8. The van der Waals surface area contributed by atoms with Crippen LogP contribution < -0.4 is 10.6 Å². The number of aliphatic hydroxyl groups excluding tert-OH is 1. The van der Waals surface area contributed by atoms with E-state index in [4.69, 9.17) is 14.2 Å². The van der Waals surface area contributed by atoms with E-state index in [1.807, 2.05) is 121 Å². The average Bonchev–Trinajstić information content (AvgIpc) is 3.24. The Kier molecular flexibility index (Phi) is 13.6. The highest BCUT2D eigenvalue weighted by atomic mass is 32.2. The van der Waals surface area contributed by atoms with Crippen molar-refractivity contribution >= 4 is 41.6 Å². The molecule has 0 spiro atoms.